The minimum absolute atomic E-state index is 0.100. The molecule has 1 saturated heterocycles. The fourth-order valence-corrected chi connectivity index (χ4v) is 3.97. The van der Waals surface area contributed by atoms with E-state index in [1.54, 1.807) is 0 Å². The molecule has 0 bridgehead atoms. The third-order valence-electron chi connectivity index (χ3n) is 3.41. The van der Waals surface area contributed by atoms with Gasteiger partial charge in [-0.25, -0.2) is 12.8 Å². The van der Waals surface area contributed by atoms with Crippen molar-refractivity contribution in [1.82, 2.24) is 4.31 Å². The van der Waals surface area contributed by atoms with E-state index in [1.807, 2.05) is 0 Å². The van der Waals surface area contributed by atoms with Gasteiger partial charge in [0.2, 0.25) is 10.0 Å². The molecular weight excluding hydrogens is 267 g/mol. The van der Waals surface area contributed by atoms with Gasteiger partial charge in [0.25, 0.3) is 0 Å². The molecular formula is C13H19FN2O2S. The Hall–Kier alpha value is -1.14. The van der Waals surface area contributed by atoms with E-state index in [2.05, 4.69) is 0 Å². The van der Waals surface area contributed by atoms with E-state index < -0.39 is 15.8 Å². The summed E-state index contributed by atoms with van der Waals surface area (Å²) in [5.74, 6) is -0.584. The summed E-state index contributed by atoms with van der Waals surface area (Å²) in [5.41, 5.74) is 5.78. The molecule has 0 radical (unpaired) electrons. The highest BCUT2D eigenvalue weighted by Crippen LogP contribution is 2.25. The van der Waals surface area contributed by atoms with E-state index >= 15 is 0 Å². The smallest absolute Gasteiger partial charge is 0.245 e. The van der Waals surface area contributed by atoms with E-state index in [9.17, 15) is 12.8 Å². The van der Waals surface area contributed by atoms with Crippen LogP contribution in [0, 0.1) is 5.82 Å². The molecule has 106 valence electrons. The lowest BCUT2D eigenvalue weighted by molar-refractivity contribution is 0.364. The van der Waals surface area contributed by atoms with Crippen LogP contribution in [0.25, 0.3) is 0 Å². The van der Waals surface area contributed by atoms with Crippen molar-refractivity contribution in [3.63, 3.8) is 0 Å². The van der Waals surface area contributed by atoms with Gasteiger partial charge in [0.1, 0.15) is 10.7 Å². The topological polar surface area (TPSA) is 63.4 Å². The zero-order valence-electron chi connectivity index (χ0n) is 10.8. The number of nitrogens with two attached hydrogens (primary N) is 1. The third kappa shape index (κ3) is 3.25. The van der Waals surface area contributed by atoms with Crippen LogP contribution in [0.15, 0.2) is 23.1 Å². The van der Waals surface area contributed by atoms with Gasteiger partial charge in [-0.05, 0) is 31.0 Å². The maximum absolute atomic E-state index is 13.3. The van der Waals surface area contributed by atoms with Gasteiger partial charge in [-0.3, -0.25) is 0 Å². The van der Waals surface area contributed by atoms with Gasteiger partial charge in [0, 0.05) is 13.1 Å². The van der Waals surface area contributed by atoms with Gasteiger partial charge in [0.05, 0.1) is 5.69 Å². The van der Waals surface area contributed by atoms with Gasteiger partial charge < -0.3 is 5.73 Å². The lowest BCUT2D eigenvalue weighted by Gasteiger charge is -2.24. The number of sulfonamides is 1. The van der Waals surface area contributed by atoms with Gasteiger partial charge in [0.15, 0.2) is 0 Å². The molecule has 0 saturated carbocycles. The maximum Gasteiger partial charge on any atom is 0.245 e. The first-order chi connectivity index (χ1) is 9.01. The number of halogens is 1. The fourth-order valence-electron chi connectivity index (χ4n) is 2.33. The Morgan fingerprint density at radius 2 is 1.63 bits per heavy atom. The standard InChI is InChI=1S/C13H19FN2O2S/c14-11-6-7-12(15)13(10-11)19(17,18)16-8-4-2-1-3-5-9-16/h6-7,10H,1-5,8-9,15H2. The molecule has 1 aliphatic rings. The van der Waals surface area contributed by atoms with Crippen LogP contribution >= 0.6 is 0 Å². The van der Waals surface area contributed by atoms with Crippen molar-refractivity contribution in [2.24, 2.45) is 0 Å². The van der Waals surface area contributed by atoms with Crippen molar-refractivity contribution >= 4 is 15.7 Å². The molecule has 0 atom stereocenters. The number of nitrogens with zero attached hydrogens (tertiary/aromatic N) is 1. The maximum atomic E-state index is 13.3. The number of anilines is 1. The van der Waals surface area contributed by atoms with Crippen molar-refractivity contribution in [2.75, 3.05) is 18.8 Å². The van der Waals surface area contributed by atoms with Crippen LogP contribution in [0.5, 0.6) is 0 Å². The van der Waals surface area contributed by atoms with Crippen LogP contribution in [0.4, 0.5) is 10.1 Å². The second kappa shape index (κ2) is 5.88. The molecule has 19 heavy (non-hydrogen) atoms. The SMILES string of the molecule is Nc1ccc(F)cc1S(=O)(=O)N1CCCCCCC1. The summed E-state index contributed by atoms with van der Waals surface area (Å²) in [6.07, 6.45) is 4.90. The number of hydrogen-bond acceptors (Lipinski definition) is 3. The summed E-state index contributed by atoms with van der Waals surface area (Å²) < 4.78 is 39.7. The first kappa shape index (κ1) is 14.3. The molecule has 4 nitrogen and oxygen atoms in total. The molecule has 1 fully saturated rings. The Morgan fingerprint density at radius 3 is 2.26 bits per heavy atom. The van der Waals surface area contributed by atoms with E-state index in [0.717, 1.165) is 38.2 Å². The van der Waals surface area contributed by atoms with Crippen LogP contribution < -0.4 is 5.73 Å². The number of benzene rings is 1. The second-order valence-electron chi connectivity index (χ2n) is 4.85. The third-order valence-corrected chi connectivity index (χ3v) is 5.36. The Morgan fingerprint density at radius 1 is 1.05 bits per heavy atom. The average Bonchev–Trinajstić information content (AvgIpc) is 2.31. The molecule has 1 aliphatic heterocycles. The van der Waals surface area contributed by atoms with Gasteiger partial charge in [-0.1, -0.05) is 19.3 Å². The van der Waals surface area contributed by atoms with E-state index in [4.69, 9.17) is 5.73 Å². The Labute approximate surface area is 113 Å². The monoisotopic (exact) mass is 286 g/mol. The van der Waals surface area contributed by atoms with Crippen LogP contribution in [-0.4, -0.2) is 25.8 Å². The first-order valence-corrected chi connectivity index (χ1v) is 8.01. The average molecular weight is 286 g/mol. The quantitative estimate of drug-likeness (QED) is 0.849. The summed E-state index contributed by atoms with van der Waals surface area (Å²) in [4.78, 5) is -0.118. The molecule has 0 amide bonds. The van der Waals surface area contributed by atoms with Crippen molar-refractivity contribution in [1.29, 1.82) is 0 Å². The van der Waals surface area contributed by atoms with Gasteiger partial charge in [-0.2, -0.15) is 4.31 Å². The van der Waals surface area contributed by atoms with Gasteiger partial charge in [-0.15, -0.1) is 0 Å². The van der Waals surface area contributed by atoms with Crippen molar-refractivity contribution in [2.45, 2.75) is 37.0 Å². The van der Waals surface area contributed by atoms with Crippen LogP contribution in [0.2, 0.25) is 0 Å². The first-order valence-electron chi connectivity index (χ1n) is 6.57. The van der Waals surface area contributed by atoms with E-state index in [0.29, 0.717) is 13.1 Å². The normalized spacial score (nSPS) is 18.8. The highest BCUT2D eigenvalue weighted by molar-refractivity contribution is 7.89. The predicted octanol–water partition coefficient (Wildman–Crippen LogP) is 2.36. The molecule has 1 heterocycles. The van der Waals surface area contributed by atoms with Crippen LogP contribution in [0.1, 0.15) is 32.1 Å². The fraction of sp³-hybridized carbons (Fsp3) is 0.538. The largest absolute Gasteiger partial charge is 0.398 e. The van der Waals surface area contributed by atoms with Crippen molar-refractivity contribution < 1.29 is 12.8 Å². The minimum atomic E-state index is -3.69. The summed E-state index contributed by atoms with van der Waals surface area (Å²) >= 11 is 0. The number of rotatable bonds is 2. The van der Waals surface area contributed by atoms with E-state index in [-0.39, 0.29) is 10.6 Å². The molecule has 0 unspecified atom stereocenters. The number of nitrogen functional groups attached to an aromatic ring is 1. The summed E-state index contributed by atoms with van der Waals surface area (Å²) in [7, 11) is -3.69. The molecule has 2 N–H and O–H groups in total. The molecule has 1 aromatic carbocycles. The van der Waals surface area contributed by atoms with Crippen molar-refractivity contribution in [3.8, 4) is 0 Å². The summed E-state index contributed by atoms with van der Waals surface area (Å²) in [5, 5.41) is 0. The molecule has 1 aromatic rings. The Balaban J connectivity index is 2.31. The minimum Gasteiger partial charge on any atom is -0.398 e. The van der Waals surface area contributed by atoms with Crippen molar-refractivity contribution in [3.05, 3.63) is 24.0 Å². The highest BCUT2D eigenvalue weighted by atomic mass is 32.2. The number of hydrogen-bond donors (Lipinski definition) is 1. The molecule has 0 aliphatic carbocycles. The second-order valence-corrected chi connectivity index (χ2v) is 6.76. The Bertz CT molecular complexity index is 538. The van der Waals surface area contributed by atoms with Crippen LogP contribution in [0.3, 0.4) is 0 Å². The van der Waals surface area contributed by atoms with Crippen LogP contribution in [-0.2, 0) is 10.0 Å². The van der Waals surface area contributed by atoms with Gasteiger partial charge >= 0.3 is 0 Å². The van der Waals surface area contributed by atoms with E-state index in [1.165, 1.54) is 16.4 Å². The lowest BCUT2D eigenvalue weighted by atomic mass is 10.1. The summed E-state index contributed by atoms with van der Waals surface area (Å²) in [6.45, 7) is 0.969. The lowest BCUT2D eigenvalue weighted by Crippen LogP contribution is -2.34. The predicted molar refractivity (Wildman–Crippen MR) is 72.7 cm³/mol. The zero-order chi connectivity index (χ0) is 13.9. The molecule has 6 heteroatoms. The highest BCUT2D eigenvalue weighted by Gasteiger charge is 2.26. The molecule has 0 spiro atoms. The molecule has 0 aromatic heterocycles. The molecule has 2 rings (SSSR count). The summed E-state index contributed by atoms with van der Waals surface area (Å²) in [6, 6.07) is 3.47. The Kier molecular flexibility index (Phi) is 4.42. The zero-order valence-corrected chi connectivity index (χ0v) is 11.6.